The van der Waals surface area contributed by atoms with Gasteiger partial charge in [0.2, 0.25) is 0 Å². The van der Waals surface area contributed by atoms with Crippen molar-refractivity contribution in [2.75, 3.05) is 26.7 Å². The Labute approximate surface area is 261 Å². The van der Waals surface area contributed by atoms with Crippen molar-refractivity contribution in [2.45, 2.75) is 75.2 Å². The molecule has 6 nitrogen and oxygen atoms in total. The van der Waals surface area contributed by atoms with Gasteiger partial charge in [0.15, 0.2) is 11.5 Å². The van der Waals surface area contributed by atoms with E-state index in [4.69, 9.17) is 9.47 Å². The van der Waals surface area contributed by atoms with Crippen LogP contribution in [-0.4, -0.2) is 71.3 Å². The lowest BCUT2D eigenvalue weighted by Gasteiger charge is -2.64. The number of carbonyl (C=O) groups is 1. The van der Waals surface area contributed by atoms with Gasteiger partial charge in [0.25, 0.3) is 5.91 Å². The van der Waals surface area contributed by atoms with E-state index in [1.54, 1.807) is 7.11 Å². The molecule has 0 radical (unpaired) electrons. The molecule has 2 aliphatic heterocycles. The smallest absolute Gasteiger partial charge is 0.299 e. The van der Waals surface area contributed by atoms with E-state index < -0.39 is 11.0 Å². The zero-order valence-corrected chi connectivity index (χ0v) is 26.0. The van der Waals surface area contributed by atoms with Crippen LogP contribution in [0.4, 0.5) is 0 Å². The van der Waals surface area contributed by atoms with Crippen LogP contribution in [-0.2, 0) is 23.1 Å². The highest BCUT2D eigenvalue weighted by molar-refractivity contribution is 5.94. The van der Waals surface area contributed by atoms with Gasteiger partial charge in [-0.2, -0.15) is 0 Å². The number of nitrogens with zero attached hydrogens (tertiary/aromatic N) is 2. The number of aliphatic hydroxyl groups is 1. The molecular formula is C38H42N2O4. The van der Waals surface area contributed by atoms with Crippen LogP contribution in [0, 0.1) is 17.8 Å². The van der Waals surface area contributed by atoms with Crippen molar-refractivity contribution >= 4 is 5.91 Å². The molecule has 3 aromatic rings. The Bertz CT molecular complexity index is 1600. The lowest BCUT2D eigenvalue weighted by molar-refractivity contribution is -0.200. The highest BCUT2D eigenvalue weighted by atomic mass is 16.5. The molecule has 4 aliphatic rings. The van der Waals surface area contributed by atoms with E-state index in [-0.39, 0.29) is 30.0 Å². The summed E-state index contributed by atoms with van der Waals surface area (Å²) < 4.78 is 12.8. The first-order chi connectivity index (χ1) is 21.4. The van der Waals surface area contributed by atoms with Crippen molar-refractivity contribution in [1.82, 2.24) is 9.80 Å². The second-order valence-electron chi connectivity index (χ2n) is 13.4. The lowest BCUT2D eigenvalue weighted by atomic mass is 9.48. The monoisotopic (exact) mass is 590 g/mol. The highest BCUT2D eigenvalue weighted by Gasteiger charge is 2.73. The molecule has 1 saturated carbocycles. The van der Waals surface area contributed by atoms with Gasteiger partial charge in [-0.15, -0.1) is 0 Å². The molecule has 2 bridgehead atoms. The first kappa shape index (κ1) is 29.0. The maximum absolute atomic E-state index is 13.9. The summed E-state index contributed by atoms with van der Waals surface area (Å²) in [6.07, 6.45) is 3.36. The molecule has 1 amide bonds. The summed E-state index contributed by atoms with van der Waals surface area (Å²) >= 11 is 0. The van der Waals surface area contributed by atoms with Gasteiger partial charge in [0.1, 0.15) is 6.10 Å². The third-order valence-electron chi connectivity index (χ3n) is 10.6. The van der Waals surface area contributed by atoms with Crippen LogP contribution in [0.15, 0.2) is 72.8 Å². The van der Waals surface area contributed by atoms with Crippen molar-refractivity contribution in [3.63, 3.8) is 0 Å². The third-order valence-corrected chi connectivity index (χ3v) is 10.6. The molecule has 1 saturated heterocycles. The van der Waals surface area contributed by atoms with Gasteiger partial charge in [-0.25, -0.2) is 0 Å². The summed E-state index contributed by atoms with van der Waals surface area (Å²) in [6.45, 7) is 6.61. The fourth-order valence-electron chi connectivity index (χ4n) is 8.74. The molecule has 7 rings (SSSR count). The van der Waals surface area contributed by atoms with E-state index in [1.165, 1.54) is 11.1 Å². The fourth-order valence-corrected chi connectivity index (χ4v) is 8.74. The van der Waals surface area contributed by atoms with Crippen LogP contribution in [0.5, 0.6) is 11.5 Å². The van der Waals surface area contributed by atoms with Gasteiger partial charge in [-0.1, -0.05) is 74.4 Å². The summed E-state index contributed by atoms with van der Waals surface area (Å²) in [6, 6.07) is 24.2. The first-order valence-corrected chi connectivity index (χ1v) is 16.1. The van der Waals surface area contributed by atoms with Gasteiger partial charge in [-0.05, 0) is 73.9 Å². The molecule has 6 heteroatoms. The molecule has 0 aromatic heterocycles. The molecule has 1 spiro atoms. The largest absolute Gasteiger partial charge is 0.493 e. The van der Waals surface area contributed by atoms with Crippen LogP contribution >= 0.6 is 0 Å². The molecule has 228 valence electrons. The number of hydrogen-bond donors (Lipinski definition) is 1. The summed E-state index contributed by atoms with van der Waals surface area (Å²) in [7, 11) is 1.68. The minimum Gasteiger partial charge on any atom is -0.493 e. The topological polar surface area (TPSA) is 62.2 Å². The Morgan fingerprint density at radius 3 is 2.57 bits per heavy atom. The van der Waals surface area contributed by atoms with Crippen molar-refractivity contribution in [3.05, 3.63) is 95.1 Å². The Hall–Kier alpha value is -3.79. The number of benzene rings is 3. The summed E-state index contributed by atoms with van der Waals surface area (Å²) in [5.74, 6) is 7.55. The van der Waals surface area contributed by atoms with Gasteiger partial charge in [0.05, 0.1) is 24.2 Å². The van der Waals surface area contributed by atoms with Gasteiger partial charge in [0, 0.05) is 36.2 Å². The van der Waals surface area contributed by atoms with Crippen molar-refractivity contribution in [1.29, 1.82) is 0 Å². The van der Waals surface area contributed by atoms with E-state index in [0.29, 0.717) is 25.1 Å². The van der Waals surface area contributed by atoms with Crippen LogP contribution < -0.4 is 9.47 Å². The number of hydrogen-bond acceptors (Lipinski definition) is 5. The zero-order chi connectivity index (χ0) is 30.5. The maximum Gasteiger partial charge on any atom is 0.299 e. The third kappa shape index (κ3) is 4.52. The number of ether oxygens (including phenoxy) is 2. The number of rotatable bonds is 7. The maximum atomic E-state index is 13.9. The molecule has 2 fully saturated rings. The Morgan fingerprint density at radius 1 is 1.09 bits per heavy atom. The average Bonchev–Trinajstić information content (AvgIpc) is 3.39. The molecule has 5 atom stereocenters. The minimum atomic E-state index is -0.976. The number of likely N-dealkylation sites (tertiary alicyclic amines) is 1. The summed E-state index contributed by atoms with van der Waals surface area (Å²) in [5, 5.41) is 13.0. The zero-order valence-electron chi connectivity index (χ0n) is 26.0. The molecule has 2 aliphatic carbocycles. The minimum absolute atomic E-state index is 0.0222. The molecule has 44 heavy (non-hydrogen) atoms. The van der Waals surface area contributed by atoms with E-state index in [9.17, 15) is 9.90 Å². The van der Waals surface area contributed by atoms with Crippen molar-refractivity contribution < 1.29 is 19.4 Å². The number of carbonyl (C=O) groups excluding carboxylic acids is 1. The Kier molecular flexibility index (Phi) is 7.43. The second kappa shape index (κ2) is 11.3. The molecular weight excluding hydrogens is 548 g/mol. The van der Waals surface area contributed by atoms with Crippen LogP contribution in [0.25, 0.3) is 0 Å². The van der Waals surface area contributed by atoms with Crippen LogP contribution in [0.2, 0.25) is 0 Å². The summed E-state index contributed by atoms with van der Waals surface area (Å²) in [5.41, 5.74) is 2.88. The van der Waals surface area contributed by atoms with Gasteiger partial charge in [-0.3, -0.25) is 9.69 Å². The number of piperidine rings is 1. The SMILES string of the molecule is COc1ccc2c3c1O[C@H]1[C@H](N(CC(C)C)C(=O)C#Cc4ccccc4)CC[C@@]4(O)[C@@H](C2)N(CCc2ccccc2)CC[C@]314. The highest BCUT2D eigenvalue weighted by Crippen LogP contribution is 2.66. The first-order valence-electron chi connectivity index (χ1n) is 16.1. The molecule has 2 heterocycles. The van der Waals surface area contributed by atoms with Gasteiger partial charge >= 0.3 is 0 Å². The second-order valence-corrected chi connectivity index (χ2v) is 13.4. The Balaban J connectivity index is 1.27. The predicted molar refractivity (Wildman–Crippen MR) is 171 cm³/mol. The Morgan fingerprint density at radius 2 is 1.84 bits per heavy atom. The number of methoxy groups -OCH3 is 1. The molecule has 0 unspecified atom stereocenters. The normalized spacial score (nSPS) is 28.0. The van der Waals surface area contributed by atoms with Gasteiger partial charge < -0.3 is 19.5 Å². The van der Waals surface area contributed by atoms with Crippen molar-refractivity contribution in [3.8, 4) is 23.3 Å². The van der Waals surface area contributed by atoms with E-state index in [0.717, 1.165) is 49.2 Å². The van der Waals surface area contributed by atoms with Crippen molar-refractivity contribution in [2.24, 2.45) is 5.92 Å². The molecule has 1 N–H and O–H groups in total. The van der Waals surface area contributed by atoms with E-state index in [1.807, 2.05) is 41.3 Å². The average molecular weight is 591 g/mol. The van der Waals surface area contributed by atoms with E-state index in [2.05, 4.69) is 67.0 Å². The van der Waals surface area contributed by atoms with Crippen LogP contribution in [0.1, 0.15) is 55.4 Å². The number of amides is 1. The standard InChI is InChI=1S/C38H42N2O4/c1-26(2)25-40(33(41)17-14-27-10-6-4-7-11-27)30-18-20-38(42)32-24-29-15-16-31(43-3)35-34(29)37(38,36(30)44-35)21-23-39(32)22-19-28-12-8-5-9-13-28/h4-13,15-16,26,30,32,36,42H,18-25H2,1-3H3/t30-,32-,36+,37+,38-/m1/s1. The van der Waals surface area contributed by atoms with E-state index >= 15 is 0 Å². The van der Waals surface area contributed by atoms with Crippen LogP contribution in [0.3, 0.4) is 0 Å². The lowest BCUT2D eigenvalue weighted by Crippen LogP contribution is -2.78. The summed E-state index contributed by atoms with van der Waals surface area (Å²) in [4.78, 5) is 18.4. The quantitative estimate of drug-likeness (QED) is 0.393. The molecule has 3 aromatic carbocycles. The predicted octanol–water partition coefficient (Wildman–Crippen LogP) is 5.00. The fraction of sp³-hybridized carbons (Fsp3) is 0.447.